The minimum absolute atomic E-state index is 0.0630. The second-order valence-corrected chi connectivity index (χ2v) is 13.6. The number of halogens is 1. The van der Waals surface area contributed by atoms with Gasteiger partial charge in [-0.2, -0.15) is 0 Å². The van der Waals surface area contributed by atoms with Gasteiger partial charge in [0.05, 0.1) is 17.2 Å². The lowest BCUT2D eigenvalue weighted by Gasteiger charge is -2.34. The summed E-state index contributed by atoms with van der Waals surface area (Å²) < 4.78 is 48.7. The van der Waals surface area contributed by atoms with Gasteiger partial charge in [0, 0.05) is 19.5 Å². The molecule has 4 aromatic carbocycles. The average molecular weight is 660 g/mol. The topological polar surface area (TPSA) is 96.0 Å². The van der Waals surface area contributed by atoms with Gasteiger partial charge < -0.3 is 15.0 Å². The van der Waals surface area contributed by atoms with Crippen LogP contribution in [-0.2, 0) is 32.6 Å². The molecule has 0 radical (unpaired) electrons. The van der Waals surface area contributed by atoms with Gasteiger partial charge in [-0.15, -0.1) is 0 Å². The molecule has 4 aromatic rings. The summed E-state index contributed by atoms with van der Waals surface area (Å²) in [5, 5.41) is 2.98. The van der Waals surface area contributed by atoms with Gasteiger partial charge in [-0.1, -0.05) is 74.0 Å². The van der Waals surface area contributed by atoms with E-state index in [2.05, 4.69) is 5.32 Å². The van der Waals surface area contributed by atoms with Gasteiger partial charge in [0.25, 0.3) is 10.0 Å². The summed E-state index contributed by atoms with van der Waals surface area (Å²) in [6.07, 6.45) is 0.213. The predicted octanol–water partition coefficient (Wildman–Crippen LogP) is 6.14. The van der Waals surface area contributed by atoms with Crippen molar-refractivity contribution in [3.63, 3.8) is 0 Å². The Hall–Kier alpha value is -4.70. The monoisotopic (exact) mass is 659 g/mol. The number of rotatable bonds is 15. The van der Waals surface area contributed by atoms with Gasteiger partial charge in [0.15, 0.2) is 0 Å². The van der Waals surface area contributed by atoms with Gasteiger partial charge in [0.2, 0.25) is 11.8 Å². The number of nitrogens with zero attached hydrogens (tertiary/aromatic N) is 2. The third-order valence-corrected chi connectivity index (χ3v) is 9.30. The van der Waals surface area contributed by atoms with Crippen LogP contribution in [0.15, 0.2) is 108 Å². The summed E-state index contributed by atoms with van der Waals surface area (Å²) in [4.78, 5) is 29.8. The molecule has 1 N–H and O–H groups in total. The Bertz CT molecular complexity index is 1730. The summed E-state index contributed by atoms with van der Waals surface area (Å²) in [6.45, 7) is 7.97. The van der Waals surface area contributed by atoms with Crippen LogP contribution in [0, 0.1) is 18.7 Å². The number of sulfonamides is 1. The number of carbonyl (C=O) groups is 2. The quantitative estimate of drug-likeness (QED) is 0.166. The van der Waals surface area contributed by atoms with Crippen molar-refractivity contribution in [2.75, 3.05) is 24.0 Å². The van der Waals surface area contributed by atoms with Crippen LogP contribution in [0.1, 0.15) is 37.5 Å². The summed E-state index contributed by atoms with van der Waals surface area (Å²) in [7, 11) is -4.33. The van der Waals surface area contributed by atoms with Crippen molar-refractivity contribution < 1.29 is 27.1 Å². The molecule has 47 heavy (non-hydrogen) atoms. The summed E-state index contributed by atoms with van der Waals surface area (Å²) >= 11 is 0. The van der Waals surface area contributed by atoms with E-state index in [-0.39, 0.29) is 35.4 Å². The van der Waals surface area contributed by atoms with Gasteiger partial charge in [-0.25, -0.2) is 12.8 Å². The number of carbonyl (C=O) groups excluding carboxylic acids is 2. The molecule has 0 unspecified atom stereocenters. The van der Waals surface area contributed by atoms with Crippen molar-refractivity contribution in [3.05, 3.63) is 126 Å². The third-order valence-electron chi connectivity index (χ3n) is 7.51. The molecule has 0 aliphatic rings. The fraction of sp³-hybridized carbons (Fsp3) is 0.297. The van der Waals surface area contributed by atoms with Gasteiger partial charge in [-0.3, -0.25) is 13.9 Å². The third kappa shape index (κ3) is 9.65. The molecule has 0 aliphatic carbocycles. The highest BCUT2D eigenvalue weighted by molar-refractivity contribution is 7.92. The average Bonchev–Trinajstić information content (AvgIpc) is 3.05. The van der Waals surface area contributed by atoms with E-state index in [1.54, 1.807) is 12.1 Å². The first-order chi connectivity index (χ1) is 22.5. The molecule has 0 bridgehead atoms. The molecule has 0 saturated heterocycles. The molecular weight excluding hydrogens is 617 g/mol. The minimum atomic E-state index is -4.33. The summed E-state index contributed by atoms with van der Waals surface area (Å²) in [5.41, 5.74) is 2.71. The van der Waals surface area contributed by atoms with Crippen LogP contribution in [0.3, 0.4) is 0 Å². The van der Waals surface area contributed by atoms with Crippen molar-refractivity contribution in [1.82, 2.24) is 10.2 Å². The molecule has 0 aromatic heterocycles. The van der Waals surface area contributed by atoms with E-state index in [4.69, 9.17) is 4.74 Å². The van der Waals surface area contributed by atoms with Crippen LogP contribution in [0.4, 0.5) is 10.1 Å². The van der Waals surface area contributed by atoms with Crippen LogP contribution in [0.5, 0.6) is 5.75 Å². The predicted molar refractivity (Wildman–Crippen MR) is 182 cm³/mol. The van der Waals surface area contributed by atoms with E-state index in [9.17, 15) is 22.4 Å². The fourth-order valence-electron chi connectivity index (χ4n) is 5.12. The van der Waals surface area contributed by atoms with Crippen molar-refractivity contribution in [3.8, 4) is 5.75 Å². The molecule has 0 aliphatic heterocycles. The Labute approximate surface area is 277 Å². The fourth-order valence-corrected chi connectivity index (χ4v) is 6.54. The lowest BCUT2D eigenvalue weighted by atomic mass is 10.0. The van der Waals surface area contributed by atoms with E-state index in [1.165, 1.54) is 29.2 Å². The largest absolute Gasteiger partial charge is 0.494 e. The van der Waals surface area contributed by atoms with Crippen LogP contribution in [0.25, 0.3) is 0 Å². The first-order valence-electron chi connectivity index (χ1n) is 15.7. The second kappa shape index (κ2) is 16.2. The number of aryl methyl sites for hydroxylation is 1. The first-order valence-corrected chi connectivity index (χ1v) is 17.1. The van der Waals surface area contributed by atoms with Crippen LogP contribution in [0.2, 0.25) is 0 Å². The van der Waals surface area contributed by atoms with Gasteiger partial charge in [0.1, 0.15) is 24.2 Å². The Balaban J connectivity index is 1.79. The van der Waals surface area contributed by atoms with Crippen molar-refractivity contribution in [2.45, 2.75) is 51.6 Å². The lowest BCUT2D eigenvalue weighted by Crippen LogP contribution is -2.53. The molecule has 2 amide bonds. The molecular formula is C37H42FN3O5S. The Morgan fingerprint density at radius 3 is 2.15 bits per heavy atom. The molecule has 0 spiro atoms. The molecule has 0 saturated carbocycles. The number of hydrogen-bond donors (Lipinski definition) is 1. The normalized spacial score (nSPS) is 12.0. The highest BCUT2D eigenvalue weighted by Gasteiger charge is 2.34. The highest BCUT2D eigenvalue weighted by Crippen LogP contribution is 2.27. The Morgan fingerprint density at radius 2 is 1.53 bits per heavy atom. The maximum atomic E-state index is 14.5. The van der Waals surface area contributed by atoms with E-state index >= 15 is 0 Å². The Kier molecular flexibility index (Phi) is 12.1. The smallest absolute Gasteiger partial charge is 0.264 e. The molecule has 8 nitrogen and oxygen atoms in total. The molecule has 248 valence electrons. The summed E-state index contributed by atoms with van der Waals surface area (Å²) in [5.74, 6) is -0.816. The number of benzene rings is 4. The lowest BCUT2D eigenvalue weighted by molar-refractivity contribution is -0.140. The highest BCUT2D eigenvalue weighted by atomic mass is 32.2. The number of ether oxygens (including phenoxy) is 1. The van der Waals surface area contributed by atoms with E-state index < -0.39 is 34.3 Å². The second-order valence-electron chi connectivity index (χ2n) is 11.7. The van der Waals surface area contributed by atoms with Gasteiger partial charge in [-0.05, 0) is 79.4 Å². The van der Waals surface area contributed by atoms with E-state index in [1.807, 2.05) is 82.3 Å². The SMILES string of the molecule is CCOc1ccc(S(=O)(=O)N(CC(=O)N(Cc2cccc(C)c2)[C@H](Cc2ccccc2)C(=O)NCC(C)C)c2ccc(F)cc2)cc1. The number of nitrogens with one attached hydrogen (secondary N) is 1. The minimum Gasteiger partial charge on any atom is -0.494 e. The van der Waals surface area contributed by atoms with Crippen molar-refractivity contribution >= 4 is 27.5 Å². The molecule has 0 fully saturated rings. The van der Waals surface area contributed by atoms with Gasteiger partial charge >= 0.3 is 0 Å². The molecule has 1 atom stereocenters. The Morgan fingerprint density at radius 1 is 0.872 bits per heavy atom. The maximum Gasteiger partial charge on any atom is 0.264 e. The zero-order valence-electron chi connectivity index (χ0n) is 27.2. The zero-order chi connectivity index (χ0) is 34.0. The van der Waals surface area contributed by atoms with E-state index in [0.717, 1.165) is 33.1 Å². The summed E-state index contributed by atoms with van der Waals surface area (Å²) in [6, 6.07) is 26.9. The number of amides is 2. The molecule has 10 heteroatoms. The van der Waals surface area contributed by atoms with E-state index in [0.29, 0.717) is 18.9 Å². The zero-order valence-corrected chi connectivity index (χ0v) is 28.0. The first kappa shape index (κ1) is 35.2. The van der Waals surface area contributed by atoms with Crippen LogP contribution >= 0.6 is 0 Å². The number of hydrogen-bond acceptors (Lipinski definition) is 5. The van der Waals surface area contributed by atoms with Crippen molar-refractivity contribution in [2.24, 2.45) is 5.92 Å². The van der Waals surface area contributed by atoms with Crippen molar-refractivity contribution in [1.29, 1.82) is 0 Å². The maximum absolute atomic E-state index is 14.5. The molecule has 0 heterocycles. The standard InChI is InChI=1S/C37H42FN3O5S/c1-5-46-33-18-20-34(21-19-33)47(44,45)41(32-16-14-31(38)15-17-32)26-36(42)40(25-30-13-9-10-28(4)22-30)35(37(43)39-24-27(2)3)23-29-11-7-6-8-12-29/h6-22,27,35H,5,23-26H2,1-4H3,(H,39,43)/t35-/m1/s1. The number of anilines is 1. The van der Waals surface area contributed by atoms with Crippen LogP contribution < -0.4 is 14.4 Å². The van der Waals surface area contributed by atoms with Crippen LogP contribution in [-0.4, -0.2) is 50.9 Å². The molecule has 4 rings (SSSR count).